The Morgan fingerprint density at radius 1 is 1.24 bits per heavy atom. The SMILES string of the molecule is CN=C(NCCN1CCC1)N1CCN(c2cccs2)CC1. The number of thiophene rings is 1. The molecule has 21 heavy (non-hydrogen) atoms. The summed E-state index contributed by atoms with van der Waals surface area (Å²) in [5.41, 5.74) is 0. The van der Waals surface area contributed by atoms with E-state index >= 15 is 0 Å². The summed E-state index contributed by atoms with van der Waals surface area (Å²) in [4.78, 5) is 11.8. The summed E-state index contributed by atoms with van der Waals surface area (Å²) in [5.74, 6) is 1.06. The van der Waals surface area contributed by atoms with Crippen LogP contribution in [0.2, 0.25) is 0 Å². The quantitative estimate of drug-likeness (QED) is 0.668. The van der Waals surface area contributed by atoms with Gasteiger partial charge in [-0.2, -0.15) is 0 Å². The van der Waals surface area contributed by atoms with E-state index in [9.17, 15) is 0 Å². The van der Waals surface area contributed by atoms with Crippen molar-refractivity contribution in [3.63, 3.8) is 0 Å². The minimum atomic E-state index is 0.998. The molecule has 2 aliphatic heterocycles. The van der Waals surface area contributed by atoms with Crippen LogP contribution in [-0.2, 0) is 0 Å². The Morgan fingerprint density at radius 2 is 2.05 bits per heavy atom. The average molecular weight is 307 g/mol. The topological polar surface area (TPSA) is 34.1 Å². The Bertz CT molecular complexity index is 447. The van der Waals surface area contributed by atoms with Crippen molar-refractivity contribution in [1.82, 2.24) is 15.1 Å². The maximum absolute atomic E-state index is 4.44. The maximum atomic E-state index is 4.44. The van der Waals surface area contributed by atoms with Crippen molar-refractivity contribution in [1.29, 1.82) is 0 Å². The van der Waals surface area contributed by atoms with Crippen molar-refractivity contribution < 1.29 is 0 Å². The van der Waals surface area contributed by atoms with Gasteiger partial charge in [-0.05, 0) is 37.0 Å². The highest BCUT2D eigenvalue weighted by molar-refractivity contribution is 7.14. The minimum absolute atomic E-state index is 0.998. The smallest absolute Gasteiger partial charge is 0.193 e. The normalized spacial score (nSPS) is 20.5. The summed E-state index contributed by atoms with van der Waals surface area (Å²) in [5, 5.41) is 7.04. The Kier molecular flexibility index (Phi) is 4.98. The molecule has 2 aliphatic rings. The molecule has 0 unspecified atom stereocenters. The lowest BCUT2D eigenvalue weighted by molar-refractivity contribution is 0.184. The zero-order valence-electron chi connectivity index (χ0n) is 12.8. The number of likely N-dealkylation sites (tertiary alicyclic amines) is 1. The van der Waals surface area contributed by atoms with E-state index in [1.165, 1.54) is 24.5 Å². The largest absolute Gasteiger partial charge is 0.360 e. The third kappa shape index (κ3) is 3.68. The second-order valence-electron chi connectivity index (χ2n) is 5.59. The van der Waals surface area contributed by atoms with E-state index in [0.29, 0.717) is 0 Å². The van der Waals surface area contributed by atoms with Gasteiger partial charge in [0.25, 0.3) is 0 Å². The number of rotatable bonds is 4. The van der Waals surface area contributed by atoms with Crippen LogP contribution in [0.5, 0.6) is 0 Å². The third-order valence-corrected chi connectivity index (χ3v) is 5.20. The molecule has 0 radical (unpaired) electrons. The third-order valence-electron chi connectivity index (χ3n) is 4.27. The molecule has 0 bridgehead atoms. The van der Waals surface area contributed by atoms with Gasteiger partial charge in [-0.1, -0.05) is 0 Å². The number of hydrogen-bond donors (Lipinski definition) is 1. The number of aliphatic imine (C=N–C) groups is 1. The first-order chi connectivity index (χ1) is 10.4. The standard InChI is InChI=1S/C15H25N5S/c1-16-15(17-5-8-18-6-3-7-18)20-11-9-19(10-12-20)14-4-2-13-21-14/h2,4,13H,3,5-12H2,1H3,(H,16,17). The lowest BCUT2D eigenvalue weighted by Gasteiger charge is -2.37. The lowest BCUT2D eigenvalue weighted by atomic mass is 10.2. The second-order valence-corrected chi connectivity index (χ2v) is 6.52. The molecule has 0 amide bonds. The number of guanidine groups is 1. The van der Waals surface area contributed by atoms with Crippen molar-refractivity contribution in [3.8, 4) is 0 Å². The Morgan fingerprint density at radius 3 is 2.62 bits per heavy atom. The summed E-state index contributed by atoms with van der Waals surface area (Å²) in [7, 11) is 1.89. The summed E-state index contributed by atoms with van der Waals surface area (Å²) >= 11 is 1.83. The zero-order chi connectivity index (χ0) is 14.5. The second kappa shape index (κ2) is 7.13. The molecule has 5 nitrogen and oxygen atoms in total. The monoisotopic (exact) mass is 307 g/mol. The average Bonchev–Trinajstić information content (AvgIpc) is 3.00. The van der Waals surface area contributed by atoms with E-state index in [0.717, 1.165) is 45.2 Å². The van der Waals surface area contributed by atoms with Gasteiger partial charge < -0.3 is 20.0 Å². The molecule has 0 aliphatic carbocycles. The molecule has 3 heterocycles. The molecular formula is C15H25N5S. The van der Waals surface area contributed by atoms with Gasteiger partial charge in [-0.25, -0.2) is 0 Å². The molecule has 6 heteroatoms. The summed E-state index contributed by atoms with van der Waals surface area (Å²) in [6.45, 7) is 8.90. The Balaban J connectivity index is 1.43. The molecule has 1 N–H and O–H groups in total. The van der Waals surface area contributed by atoms with Crippen molar-refractivity contribution in [2.45, 2.75) is 6.42 Å². The van der Waals surface area contributed by atoms with Crippen molar-refractivity contribution in [2.75, 3.05) is 64.3 Å². The Labute approximate surface area is 131 Å². The van der Waals surface area contributed by atoms with E-state index in [4.69, 9.17) is 0 Å². The van der Waals surface area contributed by atoms with Crippen LogP contribution in [0.15, 0.2) is 22.5 Å². The lowest BCUT2D eigenvalue weighted by Crippen LogP contribution is -2.53. The predicted molar refractivity (Wildman–Crippen MR) is 90.5 cm³/mol. The van der Waals surface area contributed by atoms with Gasteiger partial charge in [0.15, 0.2) is 5.96 Å². The van der Waals surface area contributed by atoms with Gasteiger partial charge in [-0.15, -0.1) is 11.3 Å². The number of hydrogen-bond acceptors (Lipinski definition) is 4. The van der Waals surface area contributed by atoms with Gasteiger partial charge in [-0.3, -0.25) is 4.99 Å². The first-order valence-corrected chi connectivity index (χ1v) is 8.71. The van der Waals surface area contributed by atoms with E-state index in [1.54, 1.807) is 0 Å². The molecule has 0 aromatic carbocycles. The molecular weight excluding hydrogens is 282 g/mol. The Hall–Kier alpha value is -1.27. The van der Waals surface area contributed by atoms with Gasteiger partial charge >= 0.3 is 0 Å². The van der Waals surface area contributed by atoms with E-state index in [2.05, 4.69) is 42.5 Å². The molecule has 1 aromatic rings. The first-order valence-electron chi connectivity index (χ1n) is 7.83. The first kappa shape index (κ1) is 14.7. The number of piperazine rings is 1. The molecule has 0 atom stereocenters. The van der Waals surface area contributed by atoms with Gasteiger partial charge in [0.05, 0.1) is 5.00 Å². The van der Waals surface area contributed by atoms with Gasteiger partial charge in [0.2, 0.25) is 0 Å². The molecule has 116 valence electrons. The highest BCUT2D eigenvalue weighted by atomic mass is 32.1. The molecule has 3 rings (SSSR count). The maximum Gasteiger partial charge on any atom is 0.193 e. The van der Waals surface area contributed by atoms with Crippen LogP contribution in [0, 0.1) is 0 Å². The summed E-state index contributed by atoms with van der Waals surface area (Å²) < 4.78 is 0. The van der Waals surface area contributed by atoms with Crippen molar-refractivity contribution in [3.05, 3.63) is 17.5 Å². The highest BCUT2D eigenvalue weighted by Crippen LogP contribution is 2.22. The van der Waals surface area contributed by atoms with Crippen LogP contribution >= 0.6 is 11.3 Å². The van der Waals surface area contributed by atoms with E-state index in [1.807, 2.05) is 18.4 Å². The minimum Gasteiger partial charge on any atom is -0.360 e. The zero-order valence-corrected chi connectivity index (χ0v) is 13.6. The van der Waals surface area contributed by atoms with Crippen LogP contribution in [0.3, 0.4) is 0 Å². The molecule has 1 aromatic heterocycles. The van der Waals surface area contributed by atoms with Crippen LogP contribution in [-0.4, -0.2) is 75.2 Å². The summed E-state index contributed by atoms with van der Waals surface area (Å²) in [6.07, 6.45) is 1.36. The molecule has 0 saturated carbocycles. The van der Waals surface area contributed by atoms with E-state index < -0.39 is 0 Å². The van der Waals surface area contributed by atoms with Crippen molar-refractivity contribution in [2.24, 2.45) is 4.99 Å². The number of nitrogens with zero attached hydrogens (tertiary/aromatic N) is 4. The molecule has 0 spiro atoms. The van der Waals surface area contributed by atoms with Crippen LogP contribution in [0.25, 0.3) is 0 Å². The van der Waals surface area contributed by atoms with E-state index in [-0.39, 0.29) is 0 Å². The molecule has 2 saturated heterocycles. The van der Waals surface area contributed by atoms with Gasteiger partial charge in [0, 0.05) is 46.3 Å². The van der Waals surface area contributed by atoms with Crippen LogP contribution < -0.4 is 10.2 Å². The number of nitrogens with one attached hydrogen (secondary N) is 1. The number of anilines is 1. The van der Waals surface area contributed by atoms with Crippen LogP contribution in [0.4, 0.5) is 5.00 Å². The highest BCUT2D eigenvalue weighted by Gasteiger charge is 2.20. The summed E-state index contributed by atoms with van der Waals surface area (Å²) in [6, 6.07) is 4.34. The predicted octanol–water partition coefficient (Wildman–Crippen LogP) is 1.15. The van der Waals surface area contributed by atoms with Gasteiger partial charge in [0.1, 0.15) is 0 Å². The fourth-order valence-electron chi connectivity index (χ4n) is 2.85. The molecule has 2 fully saturated rings. The fourth-order valence-corrected chi connectivity index (χ4v) is 3.64. The van der Waals surface area contributed by atoms with Crippen LogP contribution in [0.1, 0.15) is 6.42 Å². The fraction of sp³-hybridized carbons (Fsp3) is 0.667. The van der Waals surface area contributed by atoms with Crippen molar-refractivity contribution >= 4 is 22.3 Å².